The summed E-state index contributed by atoms with van der Waals surface area (Å²) in [4.78, 5) is 2.58. The number of benzene rings is 1. The zero-order valence-corrected chi connectivity index (χ0v) is 11.2. The smallest absolute Gasteiger partial charge is 0.0480 e. The Morgan fingerprint density at radius 1 is 1.06 bits per heavy atom. The van der Waals surface area contributed by atoms with Crippen LogP contribution in [0, 0.1) is 0 Å². The Kier molecular flexibility index (Phi) is 3.37. The molecule has 0 bridgehead atoms. The highest BCUT2D eigenvalue weighted by molar-refractivity contribution is 5.80. The zero-order valence-electron chi connectivity index (χ0n) is 11.2. The fourth-order valence-electron chi connectivity index (χ4n) is 2.92. The molecule has 0 atom stereocenters. The number of nitrogens with zero attached hydrogens (tertiary/aromatic N) is 2. The van der Waals surface area contributed by atoms with Crippen LogP contribution in [0.2, 0.25) is 0 Å². The van der Waals surface area contributed by atoms with Crippen molar-refractivity contribution in [3.8, 4) is 0 Å². The molecule has 1 aromatic carbocycles. The third kappa shape index (κ3) is 2.30. The van der Waals surface area contributed by atoms with E-state index >= 15 is 0 Å². The Balaban J connectivity index is 1.75. The molecule has 1 aliphatic heterocycles. The van der Waals surface area contributed by atoms with Gasteiger partial charge in [0, 0.05) is 24.8 Å². The van der Waals surface area contributed by atoms with Gasteiger partial charge in [0.2, 0.25) is 0 Å². The lowest BCUT2D eigenvalue weighted by atomic mass is 10.1. The number of hydrogen-bond acceptors (Lipinski definition) is 1. The molecule has 0 radical (unpaired) electrons. The zero-order chi connectivity index (χ0) is 12.4. The lowest BCUT2D eigenvalue weighted by molar-refractivity contribution is 0.324. The van der Waals surface area contributed by atoms with E-state index in [1.807, 2.05) is 0 Å². The van der Waals surface area contributed by atoms with Gasteiger partial charge in [0.15, 0.2) is 0 Å². The summed E-state index contributed by atoms with van der Waals surface area (Å²) in [5, 5.41) is 1.38. The number of rotatable bonds is 4. The average molecular weight is 242 g/mol. The van der Waals surface area contributed by atoms with Crippen molar-refractivity contribution in [3.63, 3.8) is 0 Å². The summed E-state index contributed by atoms with van der Waals surface area (Å²) in [5.41, 5.74) is 2.81. The molecular formula is C16H22N2. The van der Waals surface area contributed by atoms with Gasteiger partial charge in [-0.1, -0.05) is 13.0 Å². The predicted octanol–water partition coefficient (Wildman–Crippen LogP) is 3.30. The van der Waals surface area contributed by atoms with Crippen LogP contribution in [0.15, 0.2) is 30.5 Å². The first kappa shape index (κ1) is 11.8. The molecule has 2 aromatic rings. The van der Waals surface area contributed by atoms with E-state index in [2.05, 4.69) is 46.9 Å². The third-order valence-electron chi connectivity index (χ3n) is 4.10. The fourth-order valence-corrected chi connectivity index (χ4v) is 2.92. The van der Waals surface area contributed by atoms with Crippen LogP contribution in [0.1, 0.15) is 25.3 Å². The molecular weight excluding hydrogens is 220 g/mol. The minimum Gasteiger partial charge on any atom is -0.346 e. The highest BCUT2D eigenvalue weighted by atomic mass is 15.2. The molecule has 0 spiro atoms. The quantitative estimate of drug-likeness (QED) is 0.798. The molecule has 18 heavy (non-hydrogen) atoms. The molecule has 3 rings (SSSR count). The Labute approximate surface area is 109 Å². The van der Waals surface area contributed by atoms with Crippen molar-refractivity contribution in [2.75, 3.05) is 19.6 Å². The van der Waals surface area contributed by atoms with Crippen LogP contribution in [0.4, 0.5) is 0 Å². The molecule has 1 aromatic heterocycles. The molecule has 1 aliphatic rings. The van der Waals surface area contributed by atoms with Crippen molar-refractivity contribution in [1.29, 1.82) is 0 Å². The normalized spacial score (nSPS) is 16.7. The van der Waals surface area contributed by atoms with E-state index < -0.39 is 0 Å². The first-order valence-electron chi connectivity index (χ1n) is 7.17. The Morgan fingerprint density at radius 3 is 2.67 bits per heavy atom. The summed E-state index contributed by atoms with van der Waals surface area (Å²) in [7, 11) is 0. The molecule has 96 valence electrons. The Morgan fingerprint density at radius 2 is 1.89 bits per heavy atom. The van der Waals surface area contributed by atoms with Crippen LogP contribution in [0.5, 0.6) is 0 Å². The van der Waals surface area contributed by atoms with Crippen molar-refractivity contribution in [2.45, 2.75) is 32.7 Å². The Hall–Kier alpha value is -1.28. The summed E-state index contributed by atoms with van der Waals surface area (Å²) >= 11 is 0. The van der Waals surface area contributed by atoms with E-state index in [0.717, 1.165) is 13.0 Å². The van der Waals surface area contributed by atoms with Gasteiger partial charge in [-0.05, 0) is 61.5 Å². The van der Waals surface area contributed by atoms with Crippen LogP contribution in [0.25, 0.3) is 10.9 Å². The van der Waals surface area contributed by atoms with Gasteiger partial charge in [0.1, 0.15) is 0 Å². The van der Waals surface area contributed by atoms with Crippen LogP contribution in [0.3, 0.4) is 0 Å². The van der Waals surface area contributed by atoms with E-state index in [9.17, 15) is 0 Å². The van der Waals surface area contributed by atoms with Crippen molar-refractivity contribution in [2.24, 2.45) is 0 Å². The topological polar surface area (TPSA) is 8.17 Å². The van der Waals surface area contributed by atoms with E-state index in [4.69, 9.17) is 0 Å². The second kappa shape index (κ2) is 5.15. The van der Waals surface area contributed by atoms with Crippen molar-refractivity contribution >= 4 is 10.9 Å². The molecule has 1 fully saturated rings. The van der Waals surface area contributed by atoms with E-state index in [0.29, 0.717) is 0 Å². The molecule has 0 aliphatic carbocycles. The standard InChI is InChI=1S/C16H22N2/c1-2-14-5-6-16-15(13-14)7-10-18(16)12-11-17-8-3-4-9-17/h5-7,10,13H,2-4,8-9,11-12H2,1H3. The van der Waals surface area contributed by atoms with Gasteiger partial charge in [-0.25, -0.2) is 0 Å². The molecule has 2 heteroatoms. The van der Waals surface area contributed by atoms with Gasteiger partial charge in [0.25, 0.3) is 0 Å². The van der Waals surface area contributed by atoms with Crippen LogP contribution in [-0.2, 0) is 13.0 Å². The molecule has 2 heterocycles. The summed E-state index contributed by atoms with van der Waals surface area (Å²) in [6, 6.07) is 9.10. The molecule has 2 nitrogen and oxygen atoms in total. The minimum atomic E-state index is 1.12. The number of likely N-dealkylation sites (tertiary alicyclic amines) is 1. The number of aromatic nitrogens is 1. The summed E-state index contributed by atoms with van der Waals surface area (Å²) in [6.45, 7) is 7.11. The second-order valence-electron chi connectivity index (χ2n) is 5.30. The van der Waals surface area contributed by atoms with Gasteiger partial charge in [-0.3, -0.25) is 0 Å². The van der Waals surface area contributed by atoms with E-state index in [1.165, 1.54) is 48.9 Å². The highest BCUT2D eigenvalue weighted by Gasteiger charge is 2.11. The molecule has 1 saturated heterocycles. The fraction of sp³-hybridized carbons (Fsp3) is 0.500. The van der Waals surface area contributed by atoms with Crippen molar-refractivity contribution in [3.05, 3.63) is 36.0 Å². The van der Waals surface area contributed by atoms with E-state index in [1.54, 1.807) is 0 Å². The van der Waals surface area contributed by atoms with Gasteiger partial charge < -0.3 is 9.47 Å². The molecule has 0 unspecified atom stereocenters. The van der Waals surface area contributed by atoms with Gasteiger partial charge in [0.05, 0.1) is 0 Å². The number of aryl methyl sites for hydroxylation is 1. The van der Waals surface area contributed by atoms with Crippen molar-refractivity contribution in [1.82, 2.24) is 9.47 Å². The summed E-state index contributed by atoms with van der Waals surface area (Å²) in [5.74, 6) is 0. The maximum atomic E-state index is 2.58. The van der Waals surface area contributed by atoms with Crippen LogP contribution in [-0.4, -0.2) is 29.1 Å². The van der Waals surface area contributed by atoms with Gasteiger partial charge in [-0.2, -0.15) is 0 Å². The summed E-state index contributed by atoms with van der Waals surface area (Å²) in [6.07, 6.45) is 6.12. The second-order valence-corrected chi connectivity index (χ2v) is 5.30. The van der Waals surface area contributed by atoms with Crippen LogP contribution < -0.4 is 0 Å². The van der Waals surface area contributed by atoms with Crippen LogP contribution >= 0.6 is 0 Å². The SMILES string of the molecule is CCc1ccc2c(ccn2CCN2CCCC2)c1. The lowest BCUT2D eigenvalue weighted by Gasteiger charge is -2.15. The first-order valence-corrected chi connectivity index (χ1v) is 7.17. The summed E-state index contributed by atoms with van der Waals surface area (Å²) < 4.78 is 2.40. The monoisotopic (exact) mass is 242 g/mol. The largest absolute Gasteiger partial charge is 0.346 e. The molecule has 0 saturated carbocycles. The van der Waals surface area contributed by atoms with Crippen molar-refractivity contribution < 1.29 is 0 Å². The minimum absolute atomic E-state index is 1.12. The third-order valence-corrected chi connectivity index (χ3v) is 4.10. The lowest BCUT2D eigenvalue weighted by Crippen LogP contribution is -2.23. The molecule has 0 amide bonds. The number of fused-ring (bicyclic) bond motifs is 1. The maximum Gasteiger partial charge on any atom is 0.0480 e. The predicted molar refractivity (Wildman–Crippen MR) is 77.0 cm³/mol. The number of hydrogen-bond donors (Lipinski definition) is 0. The Bertz CT molecular complexity index is 521. The van der Waals surface area contributed by atoms with E-state index in [-0.39, 0.29) is 0 Å². The van der Waals surface area contributed by atoms with Gasteiger partial charge in [-0.15, -0.1) is 0 Å². The molecule has 0 N–H and O–H groups in total. The first-order chi connectivity index (χ1) is 8.86. The van der Waals surface area contributed by atoms with Gasteiger partial charge >= 0.3 is 0 Å². The maximum absolute atomic E-state index is 2.58. The average Bonchev–Trinajstić information content (AvgIpc) is 3.05. The highest BCUT2D eigenvalue weighted by Crippen LogP contribution is 2.18.